The average molecular weight is 424 g/mol. The van der Waals surface area contributed by atoms with Crippen LogP contribution in [-0.4, -0.2) is 53.5 Å². The van der Waals surface area contributed by atoms with Crippen molar-refractivity contribution in [2.24, 2.45) is 0 Å². The summed E-state index contributed by atoms with van der Waals surface area (Å²) in [5.74, 6) is -0.877. The number of methoxy groups -OCH3 is 1. The zero-order valence-electron chi connectivity index (χ0n) is 17.9. The fraction of sp³-hybridized carbons (Fsp3) is 0.375. The zero-order chi connectivity index (χ0) is 22.2. The van der Waals surface area contributed by atoms with Crippen LogP contribution in [0.4, 0.5) is 0 Å². The average Bonchev–Trinajstić information content (AvgIpc) is 3.05. The number of carbonyl (C=O) groups excluding carboxylic acids is 2. The van der Waals surface area contributed by atoms with E-state index in [0.717, 1.165) is 12.8 Å². The Labute approximate surface area is 182 Å². The highest BCUT2D eigenvalue weighted by molar-refractivity contribution is 6.46. The molecule has 1 aliphatic heterocycles. The molecule has 0 bridgehead atoms. The topological polar surface area (TPSA) is 89.0 Å². The maximum Gasteiger partial charge on any atom is 0.295 e. The van der Waals surface area contributed by atoms with Gasteiger partial charge >= 0.3 is 0 Å². The first kappa shape index (κ1) is 22.5. The summed E-state index contributed by atoms with van der Waals surface area (Å²) >= 11 is 0. The quantitative estimate of drug-likeness (QED) is 0.271. The fourth-order valence-electron chi connectivity index (χ4n) is 3.61. The summed E-state index contributed by atoms with van der Waals surface area (Å²) in [7, 11) is 1.59. The molecule has 7 nitrogen and oxygen atoms in total. The van der Waals surface area contributed by atoms with Gasteiger partial charge in [0.1, 0.15) is 11.5 Å². The van der Waals surface area contributed by atoms with E-state index in [-0.39, 0.29) is 11.3 Å². The number of likely N-dealkylation sites (tertiary alicyclic amines) is 1. The Kier molecular flexibility index (Phi) is 7.78. The Bertz CT molecular complexity index is 942. The molecule has 1 aromatic heterocycles. The van der Waals surface area contributed by atoms with Crippen molar-refractivity contribution >= 4 is 17.4 Å². The number of aliphatic hydroxyl groups is 1. The third kappa shape index (κ3) is 5.11. The highest BCUT2D eigenvalue weighted by Gasteiger charge is 2.45. The number of nitrogens with zero attached hydrogens (tertiary/aromatic N) is 2. The molecule has 1 atom stereocenters. The number of carbonyl (C=O) groups is 2. The van der Waals surface area contributed by atoms with Crippen molar-refractivity contribution in [1.29, 1.82) is 0 Å². The van der Waals surface area contributed by atoms with Gasteiger partial charge in [0, 0.05) is 38.2 Å². The lowest BCUT2D eigenvalue weighted by molar-refractivity contribution is -0.140. The normalized spacial score (nSPS) is 17.9. The number of ketones is 1. The van der Waals surface area contributed by atoms with Gasteiger partial charge in [-0.3, -0.25) is 14.6 Å². The molecule has 164 valence electrons. The molecule has 1 saturated heterocycles. The molecule has 1 aliphatic rings. The molecule has 0 saturated carbocycles. The van der Waals surface area contributed by atoms with E-state index in [1.807, 2.05) is 24.3 Å². The highest BCUT2D eigenvalue weighted by atomic mass is 16.5. The number of pyridine rings is 1. The first-order valence-electron chi connectivity index (χ1n) is 10.5. The number of benzene rings is 1. The van der Waals surface area contributed by atoms with E-state index in [2.05, 4.69) is 11.9 Å². The van der Waals surface area contributed by atoms with Gasteiger partial charge in [-0.25, -0.2) is 0 Å². The van der Waals surface area contributed by atoms with E-state index in [4.69, 9.17) is 9.47 Å². The van der Waals surface area contributed by atoms with Gasteiger partial charge in [0.05, 0.1) is 18.2 Å². The SMILES string of the molecule is CCCCOc1cccc(C2C(=C(O)c3ccncc3)C(=O)C(=O)N2CCCOC)c1. The first-order valence-corrected chi connectivity index (χ1v) is 10.5. The molecule has 2 aromatic rings. The van der Waals surface area contributed by atoms with Crippen LogP contribution in [0.2, 0.25) is 0 Å². The van der Waals surface area contributed by atoms with Gasteiger partial charge in [0.15, 0.2) is 0 Å². The van der Waals surface area contributed by atoms with Crippen molar-refractivity contribution in [3.63, 3.8) is 0 Å². The summed E-state index contributed by atoms with van der Waals surface area (Å²) in [6, 6.07) is 9.85. The van der Waals surface area contributed by atoms with Crippen molar-refractivity contribution in [1.82, 2.24) is 9.88 Å². The number of ether oxygens (including phenoxy) is 2. The molecule has 0 spiro atoms. The van der Waals surface area contributed by atoms with Crippen molar-refractivity contribution in [2.45, 2.75) is 32.2 Å². The molecule has 1 aromatic carbocycles. The smallest absolute Gasteiger partial charge is 0.295 e. The summed E-state index contributed by atoms with van der Waals surface area (Å²) in [5, 5.41) is 11.0. The Morgan fingerprint density at radius 2 is 1.90 bits per heavy atom. The lowest BCUT2D eigenvalue weighted by atomic mass is 9.95. The number of aromatic nitrogens is 1. The minimum Gasteiger partial charge on any atom is -0.507 e. The van der Waals surface area contributed by atoms with Crippen LogP contribution in [0.3, 0.4) is 0 Å². The van der Waals surface area contributed by atoms with E-state index in [0.29, 0.717) is 43.1 Å². The lowest BCUT2D eigenvalue weighted by Gasteiger charge is -2.25. The van der Waals surface area contributed by atoms with Crippen molar-refractivity contribution < 1.29 is 24.2 Å². The van der Waals surface area contributed by atoms with Gasteiger partial charge in [-0.05, 0) is 42.7 Å². The fourth-order valence-corrected chi connectivity index (χ4v) is 3.61. The first-order chi connectivity index (χ1) is 15.1. The van der Waals surface area contributed by atoms with E-state index in [1.165, 1.54) is 17.3 Å². The van der Waals surface area contributed by atoms with Crippen LogP contribution in [-0.2, 0) is 14.3 Å². The number of unbranched alkanes of at least 4 members (excludes halogenated alkanes) is 1. The van der Waals surface area contributed by atoms with E-state index < -0.39 is 17.7 Å². The van der Waals surface area contributed by atoms with Crippen LogP contribution in [0.1, 0.15) is 43.4 Å². The predicted octanol–water partition coefficient (Wildman–Crippen LogP) is 3.72. The second-order valence-electron chi connectivity index (χ2n) is 7.35. The molecule has 31 heavy (non-hydrogen) atoms. The molecular formula is C24H28N2O5. The van der Waals surface area contributed by atoms with Crippen LogP contribution < -0.4 is 4.74 Å². The largest absolute Gasteiger partial charge is 0.507 e. The standard InChI is InChI=1S/C24H28N2O5/c1-3-4-15-31-19-8-5-7-18(16-19)21-20(22(27)17-9-11-25-12-10-17)23(28)24(29)26(21)13-6-14-30-2/h5,7-12,16,21,27H,3-4,6,13-15H2,1-2H3. The van der Waals surface area contributed by atoms with Crippen LogP contribution in [0, 0.1) is 0 Å². The number of amides is 1. The number of aliphatic hydroxyl groups excluding tert-OH is 1. The Hall–Kier alpha value is -3.19. The number of rotatable bonds is 10. The summed E-state index contributed by atoms with van der Waals surface area (Å²) < 4.78 is 10.9. The van der Waals surface area contributed by atoms with E-state index in [9.17, 15) is 14.7 Å². The van der Waals surface area contributed by atoms with E-state index >= 15 is 0 Å². The molecule has 1 fully saturated rings. The summed E-state index contributed by atoms with van der Waals surface area (Å²) in [5.41, 5.74) is 1.21. The monoisotopic (exact) mass is 424 g/mol. The van der Waals surface area contributed by atoms with Gasteiger partial charge in [0.25, 0.3) is 11.7 Å². The van der Waals surface area contributed by atoms with Crippen molar-refractivity contribution in [2.75, 3.05) is 26.9 Å². The van der Waals surface area contributed by atoms with Gasteiger partial charge in [-0.2, -0.15) is 0 Å². The third-order valence-corrected chi connectivity index (χ3v) is 5.18. The number of hydrogen-bond acceptors (Lipinski definition) is 6. The minimum atomic E-state index is -0.709. The van der Waals surface area contributed by atoms with Crippen LogP contribution in [0.15, 0.2) is 54.4 Å². The predicted molar refractivity (Wildman–Crippen MR) is 117 cm³/mol. The summed E-state index contributed by atoms with van der Waals surface area (Å²) in [4.78, 5) is 31.3. The molecule has 3 rings (SSSR count). The molecule has 1 unspecified atom stereocenters. The van der Waals surface area contributed by atoms with Gasteiger partial charge in [-0.1, -0.05) is 25.5 Å². The van der Waals surface area contributed by atoms with Gasteiger partial charge in [0.2, 0.25) is 0 Å². The maximum atomic E-state index is 13.0. The zero-order valence-corrected chi connectivity index (χ0v) is 17.9. The maximum absolute atomic E-state index is 13.0. The van der Waals surface area contributed by atoms with Crippen molar-refractivity contribution in [3.05, 3.63) is 65.5 Å². The summed E-state index contributed by atoms with van der Waals surface area (Å²) in [6.45, 7) is 3.47. The molecule has 1 N–H and O–H groups in total. The van der Waals surface area contributed by atoms with Crippen molar-refractivity contribution in [3.8, 4) is 5.75 Å². The lowest BCUT2D eigenvalue weighted by Crippen LogP contribution is -2.31. The van der Waals surface area contributed by atoms with Crippen LogP contribution >= 0.6 is 0 Å². The third-order valence-electron chi connectivity index (χ3n) is 5.18. The Morgan fingerprint density at radius 1 is 1.13 bits per heavy atom. The van der Waals surface area contributed by atoms with Crippen LogP contribution in [0.5, 0.6) is 5.75 Å². The highest BCUT2D eigenvalue weighted by Crippen LogP contribution is 2.40. The Morgan fingerprint density at radius 3 is 2.61 bits per heavy atom. The minimum absolute atomic E-state index is 0.0688. The molecule has 7 heteroatoms. The number of hydrogen-bond donors (Lipinski definition) is 1. The van der Waals surface area contributed by atoms with Crippen LogP contribution in [0.25, 0.3) is 5.76 Å². The number of Topliss-reactive ketones (excluding diaryl/α,β-unsaturated/α-hetero) is 1. The molecular weight excluding hydrogens is 396 g/mol. The second-order valence-corrected chi connectivity index (χ2v) is 7.35. The summed E-state index contributed by atoms with van der Waals surface area (Å²) in [6.07, 6.45) is 5.58. The Balaban J connectivity index is 2.04. The van der Waals surface area contributed by atoms with Gasteiger partial charge in [-0.15, -0.1) is 0 Å². The van der Waals surface area contributed by atoms with E-state index in [1.54, 1.807) is 19.2 Å². The van der Waals surface area contributed by atoms with Gasteiger partial charge < -0.3 is 19.5 Å². The molecule has 0 radical (unpaired) electrons. The molecule has 1 amide bonds. The molecule has 2 heterocycles. The second kappa shape index (κ2) is 10.7. The molecule has 0 aliphatic carbocycles.